The molecule has 0 heterocycles. The average Bonchev–Trinajstić information content (AvgIpc) is 2.30. The van der Waals surface area contributed by atoms with Gasteiger partial charge in [-0.05, 0) is 16.7 Å². The van der Waals surface area contributed by atoms with E-state index in [9.17, 15) is 0 Å². The largest absolute Gasteiger partial charge is 0.0776 e. The molecule has 88 valence electrons. The highest BCUT2D eigenvalue weighted by molar-refractivity contribution is 5.81. The third-order valence-corrected chi connectivity index (χ3v) is 2.48. The molecule has 0 bridgehead atoms. The van der Waals surface area contributed by atoms with E-state index in [1.54, 1.807) is 0 Å². The maximum absolute atomic E-state index is 2.22. The van der Waals surface area contributed by atoms with Gasteiger partial charge in [0, 0.05) is 0 Å². The van der Waals surface area contributed by atoms with Crippen molar-refractivity contribution in [2.75, 3.05) is 0 Å². The van der Waals surface area contributed by atoms with E-state index < -0.39 is 0 Å². The summed E-state index contributed by atoms with van der Waals surface area (Å²) in [4.78, 5) is 0. The minimum absolute atomic E-state index is 0. The molecular weight excluding hydrogens is 192 g/mol. The highest BCUT2D eigenvalue weighted by atomic mass is 13.9. The minimum Gasteiger partial charge on any atom is -0.0776 e. The van der Waals surface area contributed by atoms with Crippen LogP contribution in [-0.2, 0) is 0 Å². The second-order valence-corrected chi connectivity index (χ2v) is 4.15. The molecule has 0 saturated carbocycles. The van der Waals surface area contributed by atoms with Crippen molar-refractivity contribution in [1.82, 2.24) is 0 Å². The van der Waals surface area contributed by atoms with Crippen LogP contribution in [0.5, 0.6) is 0 Å². The predicted octanol–water partition coefficient (Wildman–Crippen LogP) is 5.53. The number of hydrogen-bond acceptors (Lipinski definition) is 0. The first-order valence-electron chi connectivity index (χ1n) is 5.67. The fourth-order valence-electron chi connectivity index (χ4n) is 1.13. The standard InChI is InChI=1S/C10H8.C5H12.CH4/c1-2-6-10-8-4-3-7-9(10)5-1;1-4-5(2)3;/h1-8H;5H,4H2,1-3H3;1H4. The molecule has 0 N–H and O–H groups in total. The van der Waals surface area contributed by atoms with Crippen LogP contribution in [-0.4, -0.2) is 0 Å². The Bertz CT molecular complexity index is 322. The number of benzene rings is 2. The van der Waals surface area contributed by atoms with E-state index in [1.807, 2.05) is 0 Å². The van der Waals surface area contributed by atoms with Gasteiger partial charge < -0.3 is 0 Å². The molecule has 0 atom stereocenters. The van der Waals surface area contributed by atoms with Crippen molar-refractivity contribution in [2.45, 2.75) is 34.6 Å². The second-order valence-electron chi connectivity index (χ2n) is 4.15. The molecule has 0 unspecified atom stereocenters. The average molecular weight is 216 g/mol. The summed E-state index contributed by atoms with van der Waals surface area (Å²) in [5.41, 5.74) is 0. The number of hydrogen-bond donors (Lipinski definition) is 0. The fourth-order valence-corrected chi connectivity index (χ4v) is 1.13. The van der Waals surface area contributed by atoms with Gasteiger partial charge in [-0.15, -0.1) is 0 Å². The van der Waals surface area contributed by atoms with Crippen LogP contribution in [0.15, 0.2) is 48.5 Å². The second kappa shape index (κ2) is 7.92. The van der Waals surface area contributed by atoms with Crippen LogP contribution in [0.3, 0.4) is 0 Å². The van der Waals surface area contributed by atoms with Crippen molar-refractivity contribution in [2.24, 2.45) is 5.92 Å². The van der Waals surface area contributed by atoms with Crippen molar-refractivity contribution in [3.8, 4) is 0 Å². The summed E-state index contributed by atoms with van der Waals surface area (Å²) < 4.78 is 0. The van der Waals surface area contributed by atoms with E-state index in [-0.39, 0.29) is 7.43 Å². The Morgan fingerprint density at radius 1 is 0.812 bits per heavy atom. The van der Waals surface area contributed by atoms with Crippen LogP contribution < -0.4 is 0 Å². The lowest BCUT2D eigenvalue weighted by atomic mass is 10.1. The summed E-state index contributed by atoms with van der Waals surface area (Å²) in [6, 6.07) is 16.7. The Hall–Kier alpha value is -1.30. The van der Waals surface area contributed by atoms with Crippen molar-refractivity contribution < 1.29 is 0 Å². The van der Waals surface area contributed by atoms with Gasteiger partial charge in [0.15, 0.2) is 0 Å². The van der Waals surface area contributed by atoms with E-state index in [4.69, 9.17) is 0 Å². The monoisotopic (exact) mass is 216 g/mol. The Balaban J connectivity index is 0.000000330. The molecular formula is C16H24. The van der Waals surface area contributed by atoms with E-state index in [0.717, 1.165) is 5.92 Å². The lowest BCUT2D eigenvalue weighted by Crippen LogP contribution is -1.77. The highest BCUT2D eigenvalue weighted by Gasteiger charge is 1.85. The zero-order valence-corrected chi connectivity index (χ0v) is 9.90. The van der Waals surface area contributed by atoms with Gasteiger partial charge in [-0.1, -0.05) is 83.1 Å². The van der Waals surface area contributed by atoms with E-state index >= 15 is 0 Å². The predicted molar refractivity (Wildman–Crippen MR) is 75.8 cm³/mol. The molecule has 0 spiro atoms. The molecule has 0 radical (unpaired) electrons. The summed E-state index contributed by atoms with van der Waals surface area (Å²) in [5.74, 6) is 0.884. The summed E-state index contributed by atoms with van der Waals surface area (Å²) >= 11 is 0. The lowest BCUT2D eigenvalue weighted by molar-refractivity contribution is 0.626. The Morgan fingerprint density at radius 3 is 1.25 bits per heavy atom. The van der Waals surface area contributed by atoms with Gasteiger partial charge in [-0.2, -0.15) is 0 Å². The van der Waals surface area contributed by atoms with Crippen LogP contribution in [0.4, 0.5) is 0 Å². The molecule has 0 fully saturated rings. The third kappa shape index (κ3) is 4.97. The van der Waals surface area contributed by atoms with Gasteiger partial charge in [0.2, 0.25) is 0 Å². The summed E-state index contributed by atoms with van der Waals surface area (Å²) in [7, 11) is 0. The first-order valence-corrected chi connectivity index (χ1v) is 5.67. The molecule has 16 heavy (non-hydrogen) atoms. The first kappa shape index (κ1) is 14.7. The van der Waals surface area contributed by atoms with Crippen LogP contribution in [0.2, 0.25) is 0 Å². The van der Waals surface area contributed by atoms with E-state index in [2.05, 4.69) is 69.3 Å². The molecule has 2 aromatic rings. The third-order valence-electron chi connectivity index (χ3n) is 2.48. The smallest absolute Gasteiger partial charge is 0.0184 e. The van der Waals surface area contributed by atoms with Gasteiger partial charge in [-0.3, -0.25) is 0 Å². The van der Waals surface area contributed by atoms with Crippen molar-refractivity contribution in [3.63, 3.8) is 0 Å². The Kier molecular flexibility index (Phi) is 7.28. The highest BCUT2D eigenvalue weighted by Crippen LogP contribution is 2.11. The SMILES string of the molecule is C.CCC(C)C.c1ccc2ccccc2c1. The molecule has 0 aliphatic carbocycles. The molecule has 2 aromatic carbocycles. The van der Waals surface area contributed by atoms with Gasteiger partial charge >= 0.3 is 0 Å². The van der Waals surface area contributed by atoms with Crippen LogP contribution >= 0.6 is 0 Å². The molecule has 0 aliphatic heterocycles. The van der Waals surface area contributed by atoms with E-state index in [1.165, 1.54) is 17.2 Å². The minimum atomic E-state index is 0. The number of fused-ring (bicyclic) bond motifs is 1. The molecule has 0 aliphatic rings. The topological polar surface area (TPSA) is 0 Å². The van der Waals surface area contributed by atoms with Crippen molar-refractivity contribution >= 4 is 10.8 Å². The molecule has 0 heteroatoms. The molecule has 0 aromatic heterocycles. The Morgan fingerprint density at radius 2 is 1.06 bits per heavy atom. The van der Waals surface area contributed by atoms with Crippen LogP contribution in [0, 0.1) is 5.92 Å². The van der Waals surface area contributed by atoms with Gasteiger partial charge in [-0.25, -0.2) is 0 Å². The Labute approximate surface area is 100 Å². The van der Waals surface area contributed by atoms with Crippen molar-refractivity contribution in [3.05, 3.63) is 48.5 Å². The zero-order valence-electron chi connectivity index (χ0n) is 9.90. The van der Waals surface area contributed by atoms with Crippen molar-refractivity contribution in [1.29, 1.82) is 0 Å². The van der Waals surface area contributed by atoms with Gasteiger partial charge in [0.05, 0.1) is 0 Å². The maximum atomic E-state index is 2.22. The molecule has 0 nitrogen and oxygen atoms in total. The summed E-state index contributed by atoms with van der Waals surface area (Å²) in [6.45, 7) is 6.64. The molecule has 0 saturated heterocycles. The van der Waals surface area contributed by atoms with Gasteiger partial charge in [0.1, 0.15) is 0 Å². The number of rotatable bonds is 1. The van der Waals surface area contributed by atoms with Crippen LogP contribution in [0.25, 0.3) is 10.8 Å². The maximum Gasteiger partial charge on any atom is -0.0184 e. The first-order chi connectivity index (χ1) is 7.24. The van der Waals surface area contributed by atoms with Gasteiger partial charge in [0.25, 0.3) is 0 Å². The summed E-state index contributed by atoms with van der Waals surface area (Å²) in [5, 5.41) is 2.62. The molecule has 2 rings (SSSR count). The lowest BCUT2D eigenvalue weighted by Gasteiger charge is -1.92. The summed E-state index contributed by atoms with van der Waals surface area (Å²) in [6.07, 6.45) is 1.31. The molecule has 0 amide bonds. The van der Waals surface area contributed by atoms with Crippen LogP contribution in [0.1, 0.15) is 34.6 Å². The zero-order chi connectivity index (χ0) is 11.1. The quantitative estimate of drug-likeness (QED) is 0.588. The normalized spacial score (nSPS) is 9.25. The fraction of sp³-hybridized carbons (Fsp3) is 0.375. The van der Waals surface area contributed by atoms with E-state index in [0.29, 0.717) is 0 Å².